The van der Waals surface area contributed by atoms with E-state index in [0.717, 1.165) is 31.4 Å². The van der Waals surface area contributed by atoms with E-state index in [-0.39, 0.29) is 18.5 Å². The van der Waals surface area contributed by atoms with Gasteiger partial charge in [-0.1, -0.05) is 6.42 Å². The molecular formula is C13H19FN2O. The standard InChI is InChI=1S/C13H19FN2O/c14-11-5-10(6-12(15)7-11)8-16-4-2-1-3-13(16)9-17/h5-7,13,17H,1-4,8-9,15H2. The van der Waals surface area contributed by atoms with Gasteiger partial charge in [0.05, 0.1) is 6.61 Å². The van der Waals surface area contributed by atoms with E-state index in [1.165, 1.54) is 12.1 Å². The molecule has 1 aliphatic heterocycles. The summed E-state index contributed by atoms with van der Waals surface area (Å²) < 4.78 is 13.2. The van der Waals surface area contributed by atoms with Crippen LogP contribution in [0, 0.1) is 5.82 Å². The average Bonchev–Trinajstić information content (AvgIpc) is 2.28. The Bertz CT molecular complexity index is 363. The van der Waals surface area contributed by atoms with Gasteiger partial charge in [-0.05, 0) is 43.1 Å². The number of piperidine rings is 1. The summed E-state index contributed by atoms with van der Waals surface area (Å²) in [5.41, 5.74) is 6.96. The first kappa shape index (κ1) is 12.3. The zero-order valence-electron chi connectivity index (χ0n) is 9.90. The van der Waals surface area contributed by atoms with Crippen molar-refractivity contribution in [3.05, 3.63) is 29.6 Å². The van der Waals surface area contributed by atoms with Gasteiger partial charge in [0.2, 0.25) is 0 Å². The Balaban J connectivity index is 2.08. The summed E-state index contributed by atoms with van der Waals surface area (Å²) >= 11 is 0. The van der Waals surface area contributed by atoms with Crippen molar-refractivity contribution >= 4 is 5.69 Å². The van der Waals surface area contributed by atoms with Crippen LogP contribution in [0.2, 0.25) is 0 Å². The third kappa shape index (κ3) is 3.17. The molecule has 0 spiro atoms. The molecule has 0 bridgehead atoms. The second kappa shape index (κ2) is 5.47. The Labute approximate surface area is 101 Å². The van der Waals surface area contributed by atoms with Crippen LogP contribution in [0.3, 0.4) is 0 Å². The van der Waals surface area contributed by atoms with Crippen molar-refractivity contribution < 1.29 is 9.50 Å². The van der Waals surface area contributed by atoms with Gasteiger partial charge in [-0.25, -0.2) is 4.39 Å². The monoisotopic (exact) mass is 238 g/mol. The van der Waals surface area contributed by atoms with Gasteiger partial charge >= 0.3 is 0 Å². The third-order valence-corrected chi connectivity index (χ3v) is 3.33. The Morgan fingerprint density at radius 3 is 2.88 bits per heavy atom. The average molecular weight is 238 g/mol. The van der Waals surface area contributed by atoms with Crippen LogP contribution >= 0.6 is 0 Å². The number of nitrogen functional groups attached to an aromatic ring is 1. The number of likely N-dealkylation sites (tertiary alicyclic amines) is 1. The maximum absolute atomic E-state index is 13.2. The molecule has 0 amide bonds. The fraction of sp³-hybridized carbons (Fsp3) is 0.538. The first-order valence-electron chi connectivity index (χ1n) is 6.09. The van der Waals surface area contributed by atoms with Crippen LogP contribution in [-0.2, 0) is 6.54 Å². The third-order valence-electron chi connectivity index (χ3n) is 3.33. The molecule has 1 unspecified atom stereocenters. The molecule has 94 valence electrons. The highest BCUT2D eigenvalue weighted by atomic mass is 19.1. The molecule has 1 aromatic rings. The fourth-order valence-electron chi connectivity index (χ4n) is 2.48. The van der Waals surface area contributed by atoms with Gasteiger partial charge < -0.3 is 10.8 Å². The zero-order valence-corrected chi connectivity index (χ0v) is 9.90. The van der Waals surface area contributed by atoms with E-state index in [9.17, 15) is 9.50 Å². The van der Waals surface area contributed by atoms with Crippen molar-refractivity contribution in [1.29, 1.82) is 0 Å². The Morgan fingerprint density at radius 1 is 1.35 bits per heavy atom. The number of benzene rings is 1. The Morgan fingerprint density at radius 2 is 2.18 bits per heavy atom. The second-order valence-electron chi connectivity index (χ2n) is 4.70. The quantitative estimate of drug-likeness (QED) is 0.789. The molecule has 1 fully saturated rings. The Hall–Kier alpha value is -1.13. The number of nitrogens with two attached hydrogens (primary N) is 1. The van der Waals surface area contributed by atoms with Crippen molar-refractivity contribution in [3.63, 3.8) is 0 Å². The summed E-state index contributed by atoms with van der Waals surface area (Å²) in [5.74, 6) is -0.294. The van der Waals surface area contributed by atoms with E-state index in [2.05, 4.69) is 4.90 Å². The molecule has 1 saturated heterocycles. The van der Waals surface area contributed by atoms with Crippen molar-refractivity contribution in [2.75, 3.05) is 18.9 Å². The van der Waals surface area contributed by atoms with E-state index in [0.29, 0.717) is 12.2 Å². The molecule has 0 aliphatic carbocycles. The molecular weight excluding hydrogens is 219 g/mol. The fourth-order valence-corrected chi connectivity index (χ4v) is 2.48. The number of halogens is 1. The maximum atomic E-state index is 13.2. The number of hydrogen-bond acceptors (Lipinski definition) is 3. The van der Waals surface area contributed by atoms with Crippen LogP contribution in [0.15, 0.2) is 18.2 Å². The minimum Gasteiger partial charge on any atom is -0.399 e. The van der Waals surface area contributed by atoms with Crippen LogP contribution in [0.4, 0.5) is 10.1 Å². The summed E-state index contributed by atoms with van der Waals surface area (Å²) in [6.45, 7) is 1.79. The zero-order chi connectivity index (χ0) is 12.3. The Kier molecular flexibility index (Phi) is 3.97. The molecule has 0 saturated carbocycles. The topological polar surface area (TPSA) is 49.5 Å². The number of aliphatic hydroxyl groups excluding tert-OH is 1. The molecule has 1 aliphatic rings. The molecule has 1 heterocycles. The normalized spacial score (nSPS) is 21.6. The van der Waals surface area contributed by atoms with E-state index in [1.54, 1.807) is 6.07 Å². The molecule has 0 radical (unpaired) electrons. The van der Waals surface area contributed by atoms with Crippen molar-refractivity contribution in [2.24, 2.45) is 0 Å². The lowest BCUT2D eigenvalue weighted by atomic mass is 10.0. The SMILES string of the molecule is Nc1cc(F)cc(CN2CCCCC2CO)c1. The number of rotatable bonds is 3. The molecule has 0 aromatic heterocycles. The lowest BCUT2D eigenvalue weighted by molar-refractivity contribution is 0.0841. The first-order chi connectivity index (χ1) is 8.19. The minimum atomic E-state index is -0.294. The second-order valence-corrected chi connectivity index (χ2v) is 4.70. The van der Waals surface area contributed by atoms with Crippen molar-refractivity contribution in [2.45, 2.75) is 31.8 Å². The largest absolute Gasteiger partial charge is 0.399 e. The van der Waals surface area contributed by atoms with E-state index in [4.69, 9.17) is 5.73 Å². The van der Waals surface area contributed by atoms with Crippen molar-refractivity contribution in [3.8, 4) is 0 Å². The molecule has 2 rings (SSSR count). The van der Waals surface area contributed by atoms with Gasteiger partial charge in [0.25, 0.3) is 0 Å². The number of aliphatic hydroxyl groups is 1. The van der Waals surface area contributed by atoms with E-state index < -0.39 is 0 Å². The summed E-state index contributed by atoms with van der Waals surface area (Å²) in [4.78, 5) is 2.21. The smallest absolute Gasteiger partial charge is 0.125 e. The molecule has 4 heteroatoms. The van der Waals surface area contributed by atoms with Crippen LogP contribution in [0.5, 0.6) is 0 Å². The van der Waals surface area contributed by atoms with Gasteiger partial charge in [0, 0.05) is 18.3 Å². The van der Waals surface area contributed by atoms with Crippen molar-refractivity contribution in [1.82, 2.24) is 4.90 Å². The lowest BCUT2D eigenvalue weighted by Gasteiger charge is -2.34. The van der Waals surface area contributed by atoms with Gasteiger partial charge in [-0.2, -0.15) is 0 Å². The van der Waals surface area contributed by atoms with Gasteiger partial charge in [0.1, 0.15) is 5.82 Å². The molecule has 17 heavy (non-hydrogen) atoms. The van der Waals surface area contributed by atoms with E-state index in [1.807, 2.05) is 0 Å². The maximum Gasteiger partial charge on any atom is 0.125 e. The van der Waals surface area contributed by atoms with Gasteiger partial charge in [0.15, 0.2) is 0 Å². The summed E-state index contributed by atoms with van der Waals surface area (Å²) in [5, 5.41) is 9.31. The first-order valence-corrected chi connectivity index (χ1v) is 6.09. The number of anilines is 1. The van der Waals surface area contributed by atoms with Crippen LogP contribution in [0.1, 0.15) is 24.8 Å². The van der Waals surface area contributed by atoms with Crippen LogP contribution < -0.4 is 5.73 Å². The molecule has 1 aromatic carbocycles. The summed E-state index contributed by atoms with van der Waals surface area (Å²) in [6, 6.07) is 4.84. The predicted molar refractivity (Wildman–Crippen MR) is 65.9 cm³/mol. The minimum absolute atomic E-state index is 0.171. The lowest BCUT2D eigenvalue weighted by Crippen LogP contribution is -2.41. The molecule has 3 N–H and O–H groups in total. The highest BCUT2D eigenvalue weighted by Crippen LogP contribution is 2.20. The van der Waals surface area contributed by atoms with Gasteiger partial charge in [-0.15, -0.1) is 0 Å². The van der Waals surface area contributed by atoms with Crippen LogP contribution in [-0.4, -0.2) is 29.2 Å². The highest BCUT2D eigenvalue weighted by molar-refractivity contribution is 5.41. The molecule has 3 nitrogen and oxygen atoms in total. The van der Waals surface area contributed by atoms with Gasteiger partial charge in [-0.3, -0.25) is 4.90 Å². The highest BCUT2D eigenvalue weighted by Gasteiger charge is 2.21. The molecule has 1 atom stereocenters. The summed E-state index contributed by atoms with van der Waals surface area (Å²) in [7, 11) is 0. The summed E-state index contributed by atoms with van der Waals surface area (Å²) in [6.07, 6.45) is 3.32. The number of hydrogen-bond donors (Lipinski definition) is 2. The number of nitrogens with zero attached hydrogens (tertiary/aromatic N) is 1. The van der Waals surface area contributed by atoms with Crippen LogP contribution in [0.25, 0.3) is 0 Å². The van der Waals surface area contributed by atoms with E-state index >= 15 is 0 Å². The predicted octanol–water partition coefficient (Wildman–Crippen LogP) is 1.75.